The average Bonchev–Trinajstić information content (AvgIpc) is 2.79. The Morgan fingerprint density at radius 3 is 2.07 bits per heavy atom. The van der Waals surface area contributed by atoms with Gasteiger partial charge in [-0.15, -0.1) is 0 Å². The van der Waals surface area contributed by atoms with Gasteiger partial charge < -0.3 is 10.8 Å². The Morgan fingerprint density at radius 1 is 0.867 bits per heavy atom. The summed E-state index contributed by atoms with van der Waals surface area (Å²) in [7, 11) is 0. The number of aliphatic carboxylic acids is 1. The van der Waals surface area contributed by atoms with E-state index in [-0.39, 0.29) is 12.2 Å². The topological polar surface area (TPSA) is 102 Å². The molecule has 0 saturated carbocycles. The molecule has 2 aromatic heterocycles. The molecule has 30 heavy (non-hydrogen) atoms. The second-order valence-corrected chi connectivity index (χ2v) is 6.87. The second-order valence-electron chi connectivity index (χ2n) is 6.87. The average molecular weight is 396 g/mol. The largest absolute Gasteiger partial charge is 0.481 e. The van der Waals surface area contributed by atoms with Crippen molar-refractivity contribution in [1.82, 2.24) is 15.0 Å². The number of aromatic nitrogens is 3. The van der Waals surface area contributed by atoms with Crippen LogP contribution in [0.2, 0.25) is 0 Å². The van der Waals surface area contributed by atoms with Crippen molar-refractivity contribution in [1.29, 1.82) is 0 Å². The zero-order valence-electron chi connectivity index (χ0n) is 16.1. The number of carboxylic acid groups (broad SMARTS) is 1. The van der Waals surface area contributed by atoms with E-state index in [4.69, 9.17) is 10.7 Å². The predicted molar refractivity (Wildman–Crippen MR) is 116 cm³/mol. The third-order valence-electron chi connectivity index (χ3n) is 4.93. The van der Waals surface area contributed by atoms with Crippen LogP contribution in [0, 0.1) is 0 Å². The van der Waals surface area contributed by atoms with Gasteiger partial charge >= 0.3 is 5.97 Å². The van der Waals surface area contributed by atoms with Crippen molar-refractivity contribution in [3.63, 3.8) is 0 Å². The highest BCUT2D eigenvalue weighted by molar-refractivity contribution is 5.79. The van der Waals surface area contributed by atoms with E-state index in [1.807, 2.05) is 60.7 Å². The number of benzene rings is 2. The number of carboxylic acids is 1. The van der Waals surface area contributed by atoms with Gasteiger partial charge in [0.25, 0.3) is 0 Å². The number of hydrogen-bond acceptors (Lipinski definition) is 5. The van der Waals surface area contributed by atoms with Crippen molar-refractivity contribution >= 4 is 11.8 Å². The van der Waals surface area contributed by atoms with E-state index in [1.165, 1.54) is 0 Å². The number of nitrogens with zero attached hydrogens (tertiary/aromatic N) is 3. The third-order valence-corrected chi connectivity index (χ3v) is 4.93. The molecule has 3 N–H and O–H groups in total. The molecule has 0 saturated heterocycles. The third kappa shape index (κ3) is 4.03. The van der Waals surface area contributed by atoms with Gasteiger partial charge in [-0.05, 0) is 24.1 Å². The molecule has 0 aliphatic carbocycles. The Morgan fingerprint density at radius 2 is 1.47 bits per heavy atom. The summed E-state index contributed by atoms with van der Waals surface area (Å²) in [6.45, 7) is 0. The van der Waals surface area contributed by atoms with Gasteiger partial charge in [-0.2, -0.15) is 0 Å². The van der Waals surface area contributed by atoms with Crippen LogP contribution in [0.15, 0.2) is 85.2 Å². The van der Waals surface area contributed by atoms with Crippen LogP contribution in [-0.2, 0) is 11.2 Å². The fraction of sp³-hybridized carbons (Fsp3) is 0.0833. The van der Waals surface area contributed by atoms with Crippen molar-refractivity contribution in [3.05, 3.63) is 96.3 Å². The quantitative estimate of drug-likeness (QED) is 0.506. The maximum atomic E-state index is 12.0. The summed E-state index contributed by atoms with van der Waals surface area (Å²) in [5.74, 6) is -0.940. The van der Waals surface area contributed by atoms with E-state index >= 15 is 0 Å². The van der Waals surface area contributed by atoms with Crippen LogP contribution in [0.1, 0.15) is 17.0 Å². The number of nitrogen functional groups attached to an aromatic ring is 1. The normalized spacial score (nSPS) is 11.7. The van der Waals surface area contributed by atoms with E-state index in [0.717, 1.165) is 11.1 Å². The number of rotatable bonds is 6. The van der Waals surface area contributed by atoms with Gasteiger partial charge in [0.05, 0.1) is 11.6 Å². The van der Waals surface area contributed by atoms with E-state index in [0.29, 0.717) is 22.6 Å². The Hall–Kier alpha value is -4.06. The van der Waals surface area contributed by atoms with Crippen LogP contribution < -0.4 is 5.73 Å². The number of hydrogen-bond donors (Lipinski definition) is 2. The Kier molecular flexibility index (Phi) is 5.48. The number of anilines is 1. The standard InChI is InChI=1S/C24H20N4O2/c25-22-20(15-19(24(29)30)16-11-13-26-14-12-16)21(17-7-3-1-4-8-17)27-23(28-22)18-9-5-2-6-10-18/h1-14,19H,15H2,(H,29,30)(H2,25,27,28). The summed E-state index contributed by atoms with van der Waals surface area (Å²) in [6.07, 6.45) is 3.34. The van der Waals surface area contributed by atoms with Crippen LogP contribution in [0.5, 0.6) is 0 Å². The molecule has 2 aromatic carbocycles. The minimum absolute atomic E-state index is 0.171. The van der Waals surface area contributed by atoms with Crippen LogP contribution in [0.4, 0.5) is 5.82 Å². The number of carbonyl (C=O) groups is 1. The highest BCUT2D eigenvalue weighted by Crippen LogP contribution is 2.32. The fourth-order valence-electron chi connectivity index (χ4n) is 3.40. The highest BCUT2D eigenvalue weighted by atomic mass is 16.4. The zero-order valence-corrected chi connectivity index (χ0v) is 16.1. The predicted octanol–water partition coefficient (Wildman–Crippen LogP) is 4.20. The molecule has 0 radical (unpaired) electrons. The molecule has 1 atom stereocenters. The SMILES string of the molecule is Nc1nc(-c2ccccc2)nc(-c2ccccc2)c1CC(C(=O)O)c1ccncc1. The summed E-state index contributed by atoms with van der Waals surface area (Å²) in [4.78, 5) is 25.3. The summed E-state index contributed by atoms with van der Waals surface area (Å²) < 4.78 is 0. The molecule has 0 bridgehead atoms. The molecule has 6 nitrogen and oxygen atoms in total. The fourth-order valence-corrected chi connectivity index (χ4v) is 3.40. The molecule has 0 amide bonds. The first-order chi connectivity index (χ1) is 14.6. The van der Waals surface area contributed by atoms with Crippen LogP contribution in [0.25, 0.3) is 22.6 Å². The highest BCUT2D eigenvalue weighted by Gasteiger charge is 2.25. The lowest BCUT2D eigenvalue weighted by Crippen LogP contribution is -2.17. The smallest absolute Gasteiger partial charge is 0.311 e. The van der Waals surface area contributed by atoms with Gasteiger partial charge in [0.15, 0.2) is 5.82 Å². The number of nitrogens with two attached hydrogens (primary N) is 1. The molecule has 0 aliphatic heterocycles. The summed E-state index contributed by atoms with van der Waals surface area (Å²) in [5.41, 5.74) is 9.98. The lowest BCUT2D eigenvalue weighted by atomic mass is 9.90. The first kappa shape index (κ1) is 19.3. The van der Waals surface area contributed by atoms with E-state index in [9.17, 15) is 9.90 Å². The monoisotopic (exact) mass is 396 g/mol. The maximum absolute atomic E-state index is 12.0. The maximum Gasteiger partial charge on any atom is 0.311 e. The first-order valence-electron chi connectivity index (χ1n) is 9.53. The molecular formula is C24H20N4O2. The summed E-state index contributed by atoms with van der Waals surface area (Å²) in [5, 5.41) is 9.87. The van der Waals surface area contributed by atoms with Crippen molar-refractivity contribution in [2.75, 3.05) is 5.73 Å². The Bertz CT molecular complexity index is 1150. The van der Waals surface area contributed by atoms with Gasteiger partial charge in [0.1, 0.15) is 5.82 Å². The minimum Gasteiger partial charge on any atom is -0.481 e. The minimum atomic E-state index is -0.938. The molecule has 4 rings (SSSR count). The van der Waals surface area contributed by atoms with E-state index in [2.05, 4.69) is 9.97 Å². The lowest BCUT2D eigenvalue weighted by molar-refractivity contribution is -0.138. The summed E-state index contributed by atoms with van der Waals surface area (Å²) >= 11 is 0. The second kappa shape index (κ2) is 8.53. The molecule has 1 unspecified atom stereocenters. The molecule has 148 valence electrons. The lowest BCUT2D eigenvalue weighted by Gasteiger charge is -2.18. The van der Waals surface area contributed by atoms with Gasteiger partial charge in [-0.3, -0.25) is 9.78 Å². The molecule has 2 heterocycles. The molecule has 4 aromatic rings. The molecule has 0 fully saturated rings. The molecule has 0 spiro atoms. The number of pyridine rings is 1. The van der Waals surface area contributed by atoms with E-state index in [1.54, 1.807) is 24.5 Å². The van der Waals surface area contributed by atoms with Crippen LogP contribution in [-0.4, -0.2) is 26.0 Å². The zero-order chi connectivity index (χ0) is 20.9. The summed E-state index contributed by atoms with van der Waals surface area (Å²) in [6, 6.07) is 22.6. The van der Waals surface area contributed by atoms with Crippen LogP contribution in [0.3, 0.4) is 0 Å². The first-order valence-corrected chi connectivity index (χ1v) is 9.53. The van der Waals surface area contributed by atoms with Crippen molar-refractivity contribution in [2.24, 2.45) is 0 Å². The molecular weight excluding hydrogens is 376 g/mol. The Labute approximate surface area is 174 Å². The van der Waals surface area contributed by atoms with Crippen LogP contribution >= 0.6 is 0 Å². The molecule has 0 aliphatic rings. The van der Waals surface area contributed by atoms with E-state index < -0.39 is 11.9 Å². The van der Waals surface area contributed by atoms with Gasteiger partial charge in [-0.1, -0.05) is 60.7 Å². The van der Waals surface area contributed by atoms with Gasteiger partial charge in [0, 0.05) is 29.1 Å². The van der Waals surface area contributed by atoms with Crippen molar-refractivity contribution in [3.8, 4) is 22.6 Å². The van der Waals surface area contributed by atoms with Gasteiger partial charge in [0.2, 0.25) is 0 Å². The van der Waals surface area contributed by atoms with Crippen molar-refractivity contribution in [2.45, 2.75) is 12.3 Å². The Balaban J connectivity index is 1.85. The van der Waals surface area contributed by atoms with Crippen molar-refractivity contribution < 1.29 is 9.90 Å². The van der Waals surface area contributed by atoms with Gasteiger partial charge in [-0.25, -0.2) is 9.97 Å². The molecule has 6 heteroatoms.